The number of rotatable bonds is 5. The highest BCUT2D eigenvalue weighted by molar-refractivity contribution is 5.83. The number of hydrogen-bond donors (Lipinski definition) is 1. The van der Waals surface area contributed by atoms with Crippen molar-refractivity contribution < 1.29 is 4.39 Å². The van der Waals surface area contributed by atoms with E-state index in [1.54, 1.807) is 12.1 Å². The van der Waals surface area contributed by atoms with E-state index in [0.29, 0.717) is 17.6 Å². The summed E-state index contributed by atoms with van der Waals surface area (Å²) in [5, 5.41) is 13.9. The molecule has 0 atom stereocenters. The molecule has 3 heterocycles. The molecule has 0 spiro atoms. The Morgan fingerprint density at radius 2 is 1.79 bits per heavy atom. The molecule has 0 bridgehead atoms. The Hall–Kier alpha value is -4.07. The molecule has 5 aromatic rings. The standard InChI is InChI=1S/C25H22FN7/c1-15-19-5-3-4-6-20(19)33(30-15)22-13-21(27-14-28-22)29-25-23(16-7-8-16)24(32(2)31-25)17-9-11-18(26)12-10-17/h3-6,9-14,16H,7-8H2,1-2H3,(H,27,28,29,31). The van der Waals surface area contributed by atoms with Crippen LogP contribution in [0.25, 0.3) is 28.0 Å². The van der Waals surface area contributed by atoms with Crippen molar-refractivity contribution in [1.29, 1.82) is 0 Å². The molecule has 1 aliphatic rings. The second-order valence-corrected chi connectivity index (χ2v) is 8.42. The van der Waals surface area contributed by atoms with Gasteiger partial charge in [0.15, 0.2) is 11.6 Å². The van der Waals surface area contributed by atoms with Gasteiger partial charge < -0.3 is 5.32 Å². The molecule has 164 valence electrons. The number of para-hydroxylation sites is 1. The van der Waals surface area contributed by atoms with Crippen LogP contribution in [0.4, 0.5) is 16.0 Å². The zero-order chi connectivity index (χ0) is 22.5. The maximum Gasteiger partial charge on any atom is 0.159 e. The fourth-order valence-electron chi connectivity index (χ4n) is 4.39. The van der Waals surface area contributed by atoms with Gasteiger partial charge in [-0.15, -0.1) is 0 Å². The highest BCUT2D eigenvalue weighted by atomic mass is 19.1. The van der Waals surface area contributed by atoms with Crippen LogP contribution >= 0.6 is 0 Å². The van der Waals surface area contributed by atoms with E-state index in [9.17, 15) is 4.39 Å². The SMILES string of the molecule is Cc1nn(-c2cc(Nc3nn(C)c(-c4ccc(F)cc4)c3C3CC3)ncn2)c2ccccc12. The summed E-state index contributed by atoms with van der Waals surface area (Å²) < 4.78 is 17.2. The Morgan fingerprint density at radius 1 is 1.00 bits per heavy atom. The lowest BCUT2D eigenvalue weighted by Gasteiger charge is -2.09. The summed E-state index contributed by atoms with van der Waals surface area (Å²) in [6.45, 7) is 1.99. The number of hydrogen-bond acceptors (Lipinski definition) is 5. The van der Waals surface area contributed by atoms with Crippen molar-refractivity contribution >= 4 is 22.5 Å². The van der Waals surface area contributed by atoms with Crippen LogP contribution in [0.1, 0.15) is 30.0 Å². The molecule has 1 N–H and O–H groups in total. The second-order valence-electron chi connectivity index (χ2n) is 8.42. The van der Waals surface area contributed by atoms with E-state index in [2.05, 4.69) is 26.4 Å². The first-order valence-electron chi connectivity index (χ1n) is 10.9. The van der Waals surface area contributed by atoms with Gasteiger partial charge in [0.05, 0.1) is 16.9 Å². The number of aryl methyl sites for hydroxylation is 2. The third-order valence-electron chi connectivity index (χ3n) is 6.08. The molecule has 1 saturated carbocycles. The molecule has 2 aromatic carbocycles. The number of fused-ring (bicyclic) bond motifs is 1. The van der Waals surface area contributed by atoms with E-state index in [0.717, 1.165) is 52.1 Å². The summed E-state index contributed by atoms with van der Waals surface area (Å²) in [7, 11) is 1.92. The maximum atomic E-state index is 13.5. The molecule has 8 heteroatoms. The van der Waals surface area contributed by atoms with E-state index in [1.165, 1.54) is 18.5 Å². The lowest BCUT2D eigenvalue weighted by atomic mass is 10.0. The van der Waals surface area contributed by atoms with Crippen molar-refractivity contribution in [3.8, 4) is 17.1 Å². The minimum Gasteiger partial charge on any atom is -0.323 e. The van der Waals surface area contributed by atoms with Gasteiger partial charge in [0, 0.05) is 29.6 Å². The average Bonchev–Trinajstić information content (AvgIpc) is 3.54. The highest BCUT2D eigenvalue weighted by Crippen LogP contribution is 2.48. The number of halogens is 1. The smallest absolute Gasteiger partial charge is 0.159 e. The van der Waals surface area contributed by atoms with Crippen LogP contribution in [-0.4, -0.2) is 29.5 Å². The van der Waals surface area contributed by atoms with Crippen LogP contribution in [-0.2, 0) is 7.05 Å². The van der Waals surface area contributed by atoms with E-state index < -0.39 is 0 Å². The Labute approximate surface area is 189 Å². The van der Waals surface area contributed by atoms with Gasteiger partial charge in [0.1, 0.15) is 18.0 Å². The van der Waals surface area contributed by atoms with Crippen LogP contribution in [0.2, 0.25) is 0 Å². The first kappa shape index (κ1) is 19.6. The molecule has 0 amide bonds. The van der Waals surface area contributed by atoms with Crippen molar-refractivity contribution in [2.24, 2.45) is 7.05 Å². The predicted molar refractivity (Wildman–Crippen MR) is 125 cm³/mol. The number of anilines is 2. The van der Waals surface area contributed by atoms with E-state index in [4.69, 9.17) is 5.10 Å². The summed E-state index contributed by atoms with van der Waals surface area (Å²) in [6, 6.07) is 16.5. The van der Waals surface area contributed by atoms with Gasteiger partial charge in [-0.05, 0) is 56.0 Å². The van der Waals surface area contributed by atoms with E-state index in [-0.39, 0.29) is 5.82 Å². The molecule has 0 radical (unpaired) electrons. The van der Waals surface area contributed by atoms with Gasteiger partial charge in [-0.2, -0.15) is 10.2 Å². The zero-order valence-electron chi connectivity index (χ0n) is 18.3. The third-order valence-corrected chi connectivity index (χ3v) is 6.08. The number of nitrogens with one attached hydrogen (secondary N) is 1. The van der Waals surface area contributed by atoms with Crippen LogP contribution in [0.5, 0.6) is 0 Å². The second kappa shape index (κ2) is 7.51. The van der Waals surface area contributed by atoms with Gasteiger partial charge in [0.2, 0.25) is 0 Å². The lowest BCUT2D eigenvalue weighted by Crippen LogP contribution is -2.03. The first-order chi connectivity index (χ1) is 16.1. The maximum absolute atomic E-state index is 13.5. The Morgan fingerprint density at radius 3 is 2.58 bits per heavy atom. The van der Waals surface area contributed by atoms with Crippen molar-refractivity contribution in [1.82, 2.24) is 29.5 Å². The normalized spacial score (nSPS) is 13.5. The molecule has 0 unspecified atom stereocenters. The highest BCUT2D eigenvalue weighted by Gasteiger charge is 2.33. The number of aromatic nitrogens is 6. The van der Waals surface area contributed by atoms with E-state index in [1.807, 2.05) is 47.6 Å². The molecule has 3 aromatic heterocycles. The summed E-state index contributed by atoms with van der Waals surface area (Å²) in [6.07, 6.45) is 3.76. The van der Waals surface area contributed by atoms with Crippen molar-refractivity contribution in [3.63, 3.8) is 0 Å². The van der Waals surface area contributed by atoms with Gasteiger partial charge in [-0.25, -0.2) is 19.0 Å². The molecule has 7 nitrogen and oxygen atoms in total. The average molecular weight is 439 g/mol. The molecule has 0 aliphatic heterocycles. The van der Waals surface area contributed by atoms with Crippen molar-refractivity contribution in [2.45, 2.75) is 25.7 Å². The summed E-state index contributed by atoms with van der Waals surface area (Å²) in [5.41, 5.74) is 5.04. The summed E-state index contributed by atoms with van der Waals surface area (Å²) >= 11 is 0. The molecule has 0 saturated heterocycles. The third kappa shape index (κ3) is 3.44. The Balaban J connectivity index is 1.40. The van der Waals surface area contributed by atoms with Gasteiger partial charge in [-0.1, -0.05) is 18.2 Å². The molecule has 6 rings (SSSR count). The zero-order valence-corrected chi connectivity index (χ0v) is 18.3. The van der Waals surface area contributed by atoms with Gasteiger partial charge >= 0.3 is 0 Å². The van der Waals surface area contributed by atoms with Crippen molar-refractivity contribution in [3.05, 3.63) is 78.0 Å². The van der Waals surface area contributed by atoms with Crippen molar-refractivity contribution in [2.75, 3.05) is 5.32 Å². The Bertz CT molecular complexity index is 1480. The number of nitrogens with zero attached hydrogens (tertiary/aromatic N) is 6. The minimum atomic E-state index is -0.248. The van der Waals surface area contributed by atoms with Crippen LogP contribution in [0.15, 0.2) is 60.9 Å². The monoisotopic (exact) mass is 439 g/mol. The van der Waals surface area contributed by atoms with Gasteiger partial charge in [-0.3, -0.25) is 4.68 Å². The topological polar surface area (TPSA) is 73.5 Å². The van der Waals surface area contributed by atoms with Gasteiger partial charge in [0.25, 0.3) is 0 Å². The fourth-order valence-corrected chi connectivity index (χ4v) is 4.39. The molecule has 33 heavy (non-hydrogen) atoms. The fraction of sp³-hybridized carbons (Fsp3) is 0.200. The summed E-state index contributed by atoms with van der Waals surface area (Å²) in [4.78, 5) is 8.88. The first-order valence-corrected chi connectivity index (χ1v) is 10.9. The quantitative estimate of drug-likeness (QED) is 0.403. The van der Waals surface area contributed by atoms with Crippen LogP contribution < -0.4 is 5.32 Å². The lowest BCUT2D eigenvalue weighted by molar-refractivity contribution is 0.628. The van der Waals surface area contributed by atoms with Crippen LogP contribution in [0, 0.1) is 12.7 Å². The molecule has 1 fully saturated rings. The molecular formula is C25H22FN7. The minimum absolute atomic E-state index is 0.248. The Kier molecular flexibility index (Phi) is 4.46. The van der Waals surface area contributed by atoms with E-state index >= 15 is 0 Å². The molecule has 1 aliphatic carbocycles. The number of benzene rings is 2. The molecular weight excluding hydrogens is 417 g/mol. The summed E-state index contributed by atoms with van der Waals surface area (Å²) in [5.74, 6) is 2.27. The largest absolute Gasteiger partial charge is 0.323 e. The van der Waals surface area contributed by atoms with Crippen LogP contribution in [0.3, 0.4) is 0 Å². The predicted octanol–water partition coefficient (Wildman–Crippen LogP) is 5.28.